The van der Waals surface area contributed by atoms with Gasteiger partial charge in [-0.1, -0.05) is 13.0 Å². The minimum Gasteiger partial charge on any atom is -0.506 e. The van der Waals surface area contributed by atoms with Gasteiger partial charge in [0.1, 0.15) is 23.0 Å². The van der Waals surface area contributed by atoms with E-state index in [0.717, 1.165) is 23.1 Å². The van der Waals surface area contributed by atoms with Gasteiger partial charge in [-0.05, 0) is 54.8 Å². The van der Waals surface area contributed by atoms with E-state index < -0.39 is 4.92 Å². The maximum absolute atomic E-state index is 10.8. The Morgan fingerprint density at radius 2 is 2.00 bits per heavy atom. The lowest BCUT2D eigenvalue weighted by atomic mass is 10.1. The molecule has 132 valence electrons. The molecule has 2 aromatic carbocycles. The molecular formula is C20H18N2O4. The number of non-ortho nitro benzene ring substituents is 1. The first-order valence-corrected chi connectivity index (χ1v) is 8.19. The van der Waals surface area contributed by atoms with Crippen LogP contribution in [-0.2, 0) is 6.42 Å². The number of nitro benzene ring substituents is 1. The van der Waals surface area contributed by atoms with Gasteiger partial charge in [-0.25, -0.2) is 4.99 Å². The quantitative estimate of drug-likeness (QED) is 0.390. The fraction of sp³-hybridized carbons (Fsp3) is 0.150. The monoisotopic (exact) mass is 350 g/mol. The van der Waals surface area contributed by atoms with Crippen LogP contribution >= 0.6 is 0 Å². The van der Waals surface area contributed by atoms with Crippen LogP contribution in [0, 0.1) is 17.0 Å². The first-order chi connectivity index (χ1) is 12.5. The SMILES string of the molecule is CCc1ccc(O)c(N=Cc2ccc(-c3ccc([N+](=O)[O-])cc3C)o2)c1. The Kier molecular flexibility index (Phi) is 4.84. The van der Waals surface area contributed by atoms with E-state index >= 15 is 0 Å². The molecule has 0 unspecified atom stereocenters. The molecule has 0 fully saturated rings. The van der Waals surface area contributed by atoms with E-state index in [1.807, 2.05) is 19.1 Å². The average molecular weight is 350 g/mol. The lowest BCUT2D eigenvalue weighted by Gasteiger charge is -2.02. The number of hydrogen-bond donors (Lipinski definition) is 1. The number of nitro groups is 1. The second-order valence-electron chi connectivity index (χ2n) is 5.89. The molecule has 1 N–H and O–H groups in total. The lowest BCUT2D eigenvalue weighted by molar-refractivity contribution is -0.384. The highest BCUT2D eigenvalue weighted by molar-refractivity contribution is 5.81. The third kappa shape index (κ3) is 3.64. The normalized spacial score (nSPS) is 11.2. The van der Waals surface area contributed by atoms with E-state index in [1.54, 1.807) is 37.4 Å². The van der Waals surface area contributed by atoms with Crippen LogP contribution in [0.25, 0.3) is 11.3 Å². The molecule has 3 rings (SSSR count). The molecule has 6 nitrogen and oxygen atoms in total. The maximum Gasteiger partial charge on any atom is 0.269 e. The highest BCUT2D eigenvalue weighted by Crippen LogP contribution is 2.30. The first kappa shape index (κ1) is 17.4. The third-order valence-corrected chi connectivity index (χ3v) is 4.09. The highest BCUT2D eigenvalue weighted by atomic mass is 16.6. The summed E-state index contributed by atoms with van der Waals surface area (Å²) in [5, 5.41) is 20.7. The molecule has 0 amide bonds. The van der Waals surface area contributed by atoms with Gasteiger partial charge in [0.15, 0.2) is 0 Å². The summed E-state index contributed by atoms with van der Waals surface area (Å²) in [5.74, 6) is 1.24. The Balaban J connectivity index is 1.86. The summed E-state index contributed by atoms with van der Waals surface area (Å²) in [6, 6.07) is 13.5. The van der Waals surface area contributed by atoms with Crippen LogP contribution in [0.4, 0.5) is 11.4 Å². The van der Waals surface area contributed by atoms with Crippen molar-refractivity contribution >= 4 is 17.6 Å². The van der Waals surface area contributed by atoms with E-state index in [1.165, 1.54) is 12.1 Å². The second-order valence-corrected chi connectivity index (χ2v) is 5.89. The minimum atomic E-state index is -0.423. The molecule has 0 saturated heterocycles. The summed E-state index contributed by atoms with van der Waals surface area (Å²) in [7, 11) is 0. The molecule has 0 saturated carbocycles. The summed E-state index contributed by atoms with van der Waals surface area (Å²) < 4.78 is 5.77. The van der Waals surface area contributed by atoms with Gasteiger partial charge >= 0.3 is 0 Å². The van der Waals surface area contributed by atoms with Crippen molar-refractivity contribution in [2.24, 2.45) is 4.99 Å². The summed E-state index contributed by atoms with van der Waals surface area (Å²) >= 11 is 0. The Hall–Kier alpha value is -3.41. The van der Waals surface area contributed by atoms with Gasteiger partial charge in [-0.3, -0.25) is 10.1 Å². The van der Waals surface area contributed by atoms with E-state index in [0.29, 0.717) is 17.2 Å². The number of aryl methyl sites for hydroxylation is 2. The van der Waals surface area contributed by atoms with Gasteiger partial charge in [0, 0.05) is 17.7 Å². The van der Waals surface area contributed by atoms with Crippen molar-refractivity contribution in [2.45, 2.75) is 20.3 Å². The van der Waals surface area contributed by atoms with E-state index in [4.69, 9.17) is 4.42 Å². The average Bonchev–Trinajstić information content (AvgIpc) is 3.09. The van der Waals surface area contributed by atoms with Crippen molar-refractivity contribution in [1.29, 1.82) is 0 Å². The van der Waals surface area contributed by atoms with Gasteiger partial charge in [-0.2, -0.15) is 0 Å². The van der Waals surface area contributed by atoms with E-state index in [-0.39, 0.29) is 11.4 Å². The summed E-state index contributed by atoms with van der Waals surface area (Å²) in [5.41, 5.74) is 3.15. The number of aromatic hydroxyl groups is 1. The molecule has 0 aliphatic rings. The van der Waals surface area contributed by atoms with Crippen LogP contribution in [-0.4, -0.2) is 16.2 Å². The highest BCUT2D eigenvalue weighted by Gasteiger charge is 2.12. The van der Waals surface area contributed by atoms with Crippen LogP contribution in [0.15, 0.2) is 57.9 Å². The van der Waals surface area contributed by atoms with Gasteiger partial charge in [0.25, 0.3) is 5.69 Å². The molecule has 0 radical (unpaired) electrons. The van der Waals surface area contributed by atoms with Crippen LogP contribution in [0.1, 0.15) is 23.8 Å². The van der Waals surface area contributed by atoms with Crippen molar-refractivity contribution in [3.63, 3.8) is 0 Å². The van der Waals surface area contributed by atoms with Crippen molar-refractivity contribution in [1.82, 2.24) is 0 Å². The summed E-state index contributed by atoms with van der Waals surface area (Å²) in [4.78, 5) is 14.7. The van der Waals surface area contributed by atoms with Crippen molar-refractivity contribution in [3.05, 3.63) is 75.5 Å². The Morgan fingerprint density at radius 3 is 2.69 bits per heavy atom. The van der Waals surface area contributed by atoms with Gasteiger partial charge in [0.2, 0.25) is 0 Å². The molecule has 3 aromatic rings. The summed E-state index contributed by atoms with van der Waals surface area (Å²) in [6.45, 7) is 3.83. The topological polar surface area (TPSA) is 88.9 Å². The molecule has 1 aromatic heterocycles. The number of benzene rings is 2. The fourth-order valence-electron chi connectivity index (χ4n) is 2.63. The molecule has 0 spiro atoms. The number of aliphatic imine (C=N–C) groups is 1. The molecule has 1 heterocycles. The van der Waals surface area contributed by atoms with Crippen molar-refractivity contribution in [2.75, 3.05) is 0 Å². The standard InChI is InChI=1S/C20H18N2O4/c1-3-14-4-8-19(23)18(11-14)21-12-16-6-9-20(26-16)17-7-5-15(22(24)25)10-13(17)2/h4-12,23H,3H2,1-2H3. The van der Waals surface area contributed by atoms with Crippen molar-refractivity contribution < 1.29 is 14.4 Å². The zero-order valence-corrected chi connectivity index (χ0v) is 14.5. The minimum absolute atomic E-state index is 0.0471. The molecule has 0 aliphatic heterocycles. The van der Waals surface area contributed by atoms with Gasteiger partial charge in [-0.15, -0.1) is 0 Å². The van der Waals surface area contributed by atoms with Gasteiger partial charge in [0.05, 0.1) is 11.1 Å². The number of phenols is 1. The Morgan fingerprint density at radius 1 is 1.19 bits per heavy atom. The van der Waals surface area contributed by atoms with Crippen LogP contribution in [0.5, 0.6) is 5.75 Å². The van der Waals surface area contributed by atoms with Gasteiger partial charge < -0.3 is 9.52 Å². The fourth-order valence-corrected chi connectivity index (χ4v) is 2.63. The number of hydrogen-bond acceptors (Lipinski definition) is 5. The molecular weight excluding hydrogens is 332 g/mol. The Bertz CT molecular complexity index is 989. The smallest absolute Gasteiger partial charge is 0.269 e. The predicted molar refractivity (Wildman–Crippen MR) is 100 cm³/mol. The van der Waals surface area contributed by atoms with Crippen LogP contribution < -0.4 is 0 Å². The zero-order chi connectivity index (χ0) is 18.7. The molecule has 0 aliphatic carbocycles. The number of furan rings is 1. The second kappa shape index (κ2) is 7.23. The maximum atomic E-state index is 10.8. The number of phenolic OH excluding ortho intramolecular Hbond substituents is 1. The summed E-state index contributed by atoms with van der Waals surface area (Å²) in [6.07, 6.45) is 2.39. The Labute approximate surface area is 150 Å². The molecule has 0 bridgehead atoms. The number of rotatable bonds is 5. The zero-order valence-electron chi connectivity index (χ0n) is 14.5. The van der Waals surface area contributed by atoms with E-state index in [2.05, 4.69) is 4.99 Å². The molecule has 0 atom stereocenters. The van der Waals surface area contributed by atoms with Crippen LogP contribution in [0.3, 0.4) is 0 Å². The largest absolute Gasteiger partial charge is 0.506 e. The third-order valence-electron chi connectivity index (χ3n) is 4.09. The number of nitrogens with zero attached hydrogens (tertiary/aromatic N) is 2. The predicted octanol–water partition coefficient (Wildman–Crippen LogP) is 5.18. The molecule has 26 heavy (non-hydrogen) atoms. The van der Waals surface area contributed by atoms with Crippen LogP contribution in [0.2, 0.25) is 0 Å². The molecule has 6 heteroatoms. The van der Waals surface area contributed by atoms with Crippen molar-refractivity contribution in [3.8, 4) is 17.1 Å². The lowest BCUT2D eigenvalue weighted by Crippen LogP contribution is -1.89. The first-order valence-electron chi connectivity index (χ1n) is 8.19. The van der Waals surface area contributed by atoms with E-state index in [9.17, 15) is 15.2 Å².